The Kier molecular flexibility index (Phi) is 3.70. The van der Waals surface area contributed by atoms with Crippen LogP contribution < -0.4 is 5.32 Å². The highest BCUT2D eigenvalue weighted by atomic mass is 32.1. The first-order chi connectivity index (χ1) is 10.3. The molecule has 0 radical (unpaired) electrons. The third-order valence-electron chi connectivity index (χ3n) is 2.91. The molecule has 106 valence electrons. The summed E-state index contributed by atoms with van der Waals surface area (Å²) in [6, 6.07) is 11.6. The SMILES string of the molecule is COC(=O)c1cc(-c2csc(Nc3ccccc3)n2)c[nH]1. The van der Waals surface area contributed by atoms with E-state index in [2.05, 4.69) is 20.0 Å². The van der Waals surface area contributed by atoms with Crippen LogP contribution in [0.5, 0.6) is 0 Å². The number of hydrogen-bond donors (Lipinski definition) is 2. The number of aromatic nitrogens is 2. The fourth-order valence-electron chi connectivity index (χ4n) is 1.88. The van der Waals surface area contributed by atoms with Gasteiger partial charge in [0, 0.05) is 22.8 Å². The lowest BCUT2D eigenvalue weighted by Gasteiger charge is -2.00. The highest BCUT2D eigenvalue weighted by Crippen LogP contribution is 2.27. The highest BCUT2D eigenvalue weighted by molar-refractivity contribution is 7.14. The molecule has 2 heterocycles. The second-order valence-corrected chi connectivity index (χ2v) is 5.18. The maximum atomic E-state index is 11.4. The Morgan fingerprint density at radius 1 is 1.33 bits per heavy atom. The van der Waals surface area contributed by atoms with Crippen LogP contribution in [0.1, 0.15) is 10.5 Å². The van der Waals surface area contributed by atoms with E-state index in [4.69, 9.17) is 0 Å². The number of ether oxygens (including phenoxy) is 1. The fraction of sp³-hybridized carbons (Fsp3) is 0.0667. The van der Waals surface area contributed by atoms with Crippen molar-refractivity contribution in [1.29, 1.82) is 0 Å². The Bertz CT molecular complexity index is 749. The number of benzene rings is 1. The van der Waals surface area contributed by atoms with Crippen molar-refractivity contribution in [1.82, 2.24) is 9.97 Å². The van der Waals surface area contributed by atoms with E-state index in [1.807, 2.05) is 35.7 Å². The number of esters is 1. The van der Waals surface area contributed by atoms with Crippen LogP contribution in [0, 0.1) is 0 Å². The fourth-order valence-corrected chi connectivity index (χ4v) is 2.62. The van der Waals surface area contributed by atoms with Crippen molar-refractivity contribution in [3.63, 3.8) is 0 Å². The normalized spacial score (nSPS) is 10.3. The van der Waals surface area contributed by atoms with Gasteiger partial charge in [-0.3, -0.25) is 0 Å². The number of carbonyl (C=O) groups is 1. The number of methoxy groups -OCH3 is 1. The Morgan fingerprint density at radius 2 is 2.14 bits per heavy atom. The van der Waals surface area contributed by atoms with Gasteiger partial charge < -0.3 is 15.0 Å². The summed E-state index contributed by atoms with van der Waals surface area (Å²) in [5.41, 5.74) is 3.07. The standard InChI is InChI=1S/C15H13N3O2S/c1-20-14(19)12-7-10(8-16-12)13-9-21-15(18-13)17-11-5-3-2-4-6-11/h2-9,16H,1H3,(H,17,18). The number of nitrogens with one attached hydrogen (secondary N) is 2. The van der Waals surface area contributed by atoms with Crippen LogP contribution in [-0.2, 0) is 4.74 Å². The van der Waals surface area contributed by atoms with E-state index >= 15 is 0 Å². The van der Waals surface area contributed by atoms with Gasteiger partial charge >= 0.3 is 5.97 Å². The lowest BCUT2D eigenvalue weighted by atomic mass is 10.2. The Labute approximate surface area is 125 Å². The first kappa shape index (κ1) is 13.4. The summed E-state index contributed by atoms with van der Waals surface area (Å²) in [6.07, 6.45) is 1.74. The predicted molar refractivity (Wildman–Crippen MR) is 83.0 cm³/mol. The number of nitrogens with zero attached hydrogens (tertiary/aromatic N) is 1. The molecule has 21 heavy (non-hydrogen) atoms. The van der Waals surface area contributed by atoms with Gasteiger partial charge in [0.15, 0.2) is 5.13 Å². The molecule has 0 aliphatic rings. The number of carbonyl (C=O) groups excluding carboxylic acids is 1. The Balaban J connectivity index is 1.78. The van der Waals surface area contributed by atoms with Crippen LogP contribution in [0.4, 0.5) is 10.8 Å². The van der Waals surface area contributed by atoms with Crippen molar-refractivity contribution in [2.45, 2.75) is 0 Å². The number of rotatable bonds is 4. The minimum Gasteiger partial charge on any atom is -0.464 e. The summed E-state index contributed by atoms with van der Waals surface area (Å²) in [7, 11) is 1.35. The molecule has 2 aromatic heterocycles. The molecule has 0 atom stereocenters. The van der Waals surface area contributed by atoms with E-state index in [9.17, 15) is 4.79 Å². The topological polar surface area (TPSA) is 67.0 Å². The third-order valence-corrected chi connectivity index (χ3v) is 3.67. The highest BCUT2D eigenvalue weighted by Gasteiger charge is 2.11. The monoisotopic (exact) mass is 299 g/mol. The molecule has 0 aliphatic heterocycles. The molecule has 0 bridgehead atoms. The van der Waals surface area contributed by atoms with E-state index in [0.29, 0.717) is 5.69 Å². The van der Waals surface area contributed by atoms with Crippen molar-refractivity contribution < 1.29 is 9.53 Å². The number of aromatic amines is 1. The zero-order valence-corrected chi connectivity index (χ0v) is 12.1. The van der Waals surface area contributed by atoms with E-state index in [1.165, 1.54) is 18.4 Å². The molecule has 0 aliphatic carbocycles. The summed E-state index contributed by atoms with van der Waals surface area (Å²) >= 11 is 1.51. The summed E-state index contributed by atoms with van der Waals surface area (Å²) in [6.45, 7) is 0. The number of thiazole rings is 1. The van der Waals surface area contributed by atoms with Gasteiger partial charge in [-0.2, -0.15) is 0 Å². The molecule has 0 fully saturated rings. The van der Waals surface area contributed by atoms with Crippen LogP contribution in [-0.4, -0.2) is 23.0 Å². The molecule has 3 aromatic rings. The summed E-state index contributed by atoms with van der Waals surface area (Å²) in [5, 5.41) is 5.98. The average molecular weight is 299 g/mol. The zero-order chi connectivity index (χ0) is 14.7. The van der Waals surface area contributed by atoms with Crippen molar-refractivity contribution in [2.75, 3.05) is 12.4 Å². The minimum absolute atomic E-state index is 0.390. The van der Waals surface area contributed by atoms with Gasteiger partial charge in [-0.25, -0.2) is 9.78 Å². The maximum Gasteiger partial charge on any atom is 0.354 e. The van der Waals surface area contributed by atoms with Gasteiger partial charge in [-0.15, -0.1) is 11.3 Å². The van der Waals surface area contributed by atoms with Gasteiger partial charge in [0.05, 0.1) is 12.8 Å². The molecule has 6 heteroatoms. The van der Waals surface area contributed by atoms with E-state index < -0.39 is 0 Å². The number of anilines is 2. The second kappa shape index (κ2) is 5.80. The second-order valence-electron chi connectivity index (χ2n) is 4.32. The molecule has 0 saturated carbocycles. The first-order valence-electron chi connectivity index (χ1n) is 6.31. The van der Waals surface area contributed by atoms with Crippen molar-refractivity contribution >= 4 is 28.1 Å². The van der Waals surface area contributed by atoms with Crippen LogP contribution in [0.25, 0.3) is 11.3 Å². The molecule has 0 unspecified atom stereocenters. The molecular weight excluding hydrogens is 286 g/mol. The molecular formula is C15H13N3O2S. The predicted octanol–water partition coefficient (Wildman–Crippen LogP) is 3.67. The number of hydrogen-bond acceptors (Lipinski definition) is 5. The molecule has 2 N–H and O–H groups in total. The van der Waals surface area contributed by atoms with Crippen LogP contribution in [0.3, 0.4) is 0 Å². The average Bonchev–Trinajstić information content (AvgIpc) is 3.16. The summed E-state index contributed by atoms with van der Waals surface area (Å²) in [4.78, 5) is 18.8. The van der Waals surface area contributed by atoms with Crippen molar-refractivity contribution in [3.8, 4) is 11.3 Å². The lowest BCUT2D eigenvalue weighted by Crippen LogP contribution is -2.00. The first-order valence-corrected chi connectivity index (χ1v) is 7.19. The van der Waals surface area contributed by atoms with Gasteiger partial charge in [-0.05, 0) is 18.2 Å². The van der Waals surface area contributed by atoms with Crippen molar-refractivity contribution in [3.05, 3.63) is 53.7 Å². The lowest BCUT2D eigenvalue weighted by molar-refractivity contribution is 0.0595. The summed E-state index contributed by atoms with van der Waals surface area (Å²) < 4.78 is 4.67. The maximum absolute atomic E-state index is 11.4. The van der Waals surface area contributed by atoms with E-state index in [-0.39, 0.29) is 5.97 Å². The third kappa shape index (κ3) is 2.95. The summed E-state index contributed by atoms with van der Waals surface area (Å²) in [5.74, 6) is -0.390. The van der Waals surface area contributed by atoms with Crippen LogP contribution in [0.2, 0.25) is 0 Å². The molecule has 5 nitrogen and oxygen atoms in total. The minimum atomic E-state index is -0.390. The number of H-pyrrole nitrogens is 1. The van der Waals surface area contributed by atoms with Crippen molar-refractivity contribution in [2.24, 2.45) is 0 Å². The molecule has 1 aromatic carbocycles. The van der Waals surface area contributed by atoms with Gasteiger partial charge in [-0.1, -0.05) is 18.2 Å². The molecule has 0 spiro atoms. The smallest absolute Gasteiger partial charge is 0.354 e. The zero-order valence-electron chi connectivity index (χ0n) is 11.3. The molecule has 0 saturated heterocycles. The van der Waals surface area contributed by atoms with Gasteiger partial charge in [0.1, 0.15) is 5.69 Å². The van der Waals surface area contributed by atoms with Crippen LogP contribution >= 0.6 is 11.3 Å². The quantitative estimate of drug-likeness (QED) is 0.721. The Hall–Kier alpha value is -2.60. The van der Waals surface area contributed by atoms with Gasteiger partial charge in [0.2, 0.25) is 0 Å². The Morgan fingerprint density at radius 3 is 2.90 bits per heavy atom. The number of para-hydroxylation sites is 1. The van der Waals surface area contributed by atoms with E-state index in [0.717, 1.165) is 22.1 Å². The van der Waals surface area contributed by atoms with Crippen LogP contribution in [0.15, 0.2) is 48.0 Å². The largest absolute Gasteiger partial charge is 0.464 e. The van der Waals surface area contributed by atoms with Gasteiger partial charge in [0.25, 0.3) is 0 Å². The molecule has 3 rings (SSSR count). The van der Waals surface area contributed by atoms with E-state index in [1.54, 1.807) is 12.3 Å². The molecule has 0 amide bonds.